The van der Waals surface area contributed by atoms with Crippen molar-refractivity contribution in [3.05, 3.63) is 35.9 Å². The highest BCUT2D eigenvalue weighted by molar-refractivity contribution is 6.74. The fourth-order valence-electron chi connectivity index (χ4n) is 2.64. The van der Waals surface area contributed by atoms with Crippen LogP contribution < -0.4 is 0 Å². The molecule has 0 radical (unpaired) electrons. The average Bonchev–Trinajstić information content (AvgIpc) is 2.63. The van der Waals surface area contributed by atoms with Crippen LogP contribution in [0.25, 0.3) is 0 Å². The molecule has 0 aromatic heterocycles. The van der Waals surface area contributed by atoms with Crippen molar-refractivity contribution in [3.63, 3.8) is 0 Å². The van der Waals surface area contributed by atoms with Gasteiger partial charge in [-0.3, -0.25) is 4.84 Å². The van der Waals surface area contributed by atoms with Crippen LogP contribution in [0, 0.1) is 0 Å². The molecular weight excluding hydrogens is 278 g/mol. The van der Waals surface area contributed by atoms with Gasteiger partial charge < -0.3 is 4.43 Å². The first-order chi connectivity index (χ1) is 9.54. The summed E-state index contributed by atoms with van der Waals surface area (Å²) < 4.78 is 6.55. The summed E-state index contributed by atoms with van der Waals surface area (Å²) in [5.41, 5.74) is 1.28. The van der Waals surface area contributed by atoms with E-state index in [1.165, 1.54) is 5.56 Å². The van der Waals surface area contributed by atoms with E-state index >= 15 is 0 Å². The molecule has 0 N–H and O–H groups in total. The summed E-state index contributed by atoms with van der Waals surface area (Å²) in [6.45, 7) is 13.4. The third-order valence-electron chi connectivity index (χ3n) is 4.80. The van der Waals surface area contributed by atoms with Crippen molar-refractivity contribution in [2.45, 2.75) is 64.1 Å². The van der Waals surface area contributed by atoms with E-state index in [0.29, 0.717) is 0 Å². The molecule has 1 aliphatic rings. The van der Waals surface area contributed by atoms with Crippen molar-refractivity contribution in [1.29, 1.82) is 0 Å². The monoisotopic (exact) mass is 307 g/mol. The highest BCUT2D eigenvalue weighted by atomic mass is 28.4. The molecule has 0 aliphatic carbocycles. The van der Waals surface area contributed by atoms with Gasteiger partial charge in [0.25, 0.3) is 0 Å². The number of rotatable bonds is 3. The van der Waals surface area contributed by atoms with Gasteiger partial charge in [-0.1, -0.05) is 51.1 Å². The van der Waals surface area contributed by atoms with Crippen molar-refractivity contribution in [2.24, 2.45) is 0 Å². The van der Waals surface area contributed by atoms with Crippen molar-refractivity contribution in [1.82, 2.24) is 5.06 Å². The Morgan fingerprint density at radius 2 is 1.81 bits per heavy atom. The average molecular weight is 308 g/mol. The first kappa shape index (κ1) is 16.7. The summed E-state index contributed by atoms with van der Waals surface area (Å²) in [6.07, 6.45) is 0.861. The van der Waals surface area contributed by atoms with Crippen molar-refractivity contribution in [2.75, 3.05) is 7.05 Å². The number of benzene rings is 1. The molecule has 0 bridgehead atoms. The quantitative estimate of drug-likeness (QED) is 0.753. The van der Waals surface area contributed by atoms with Gasteiger partial charge in [0.15, 0.2) is 14.1 Å². The Kier molecular flexibility index (Phi) is 4.37. The van der Waals surface area contributed by atoms with Gasteiger partial charge in [0.05, 0.1) is 6.04 Å². The summed E-state index contributed by atoms with van der Waals surface area (Å²) in [5, 5.41) is 2.13. The van der Waals surface area contributed by atoms with E-state index in [1.807, 2.05) is 18.2 Å². The fourth-order valence-corrected chi connectivity index (χ4v) is 4.15. The molecule has 4 heteroatoms. The van der Waals surface area contributed by atoms with E-state index in [1.54, 1.807) is 0 Å². The van der Waals surface area contributed by atoms with E-state index < -0.39 is 14.1 Å². The van der Waals surface area contributed by atoms with Gasteiger partial charge >= 0.3 is 0 Å². The Bertz CT molecular complexity index is 483. The zero-order valence-electron chi connectivity index (χ0n) is 14.4. The molecule has 0 saturated carbocycles. The van der Waals surface area contributed by atoms with Gasteiger partial charge in [-0.2, -0.15) is 5.06 Å². The Hall–Kier alpha value is -0.683. The highest BCUT2D eigenvalue weighted by Gasteiger charge is 2.49. The van der Waals surface area contributed by atoms with Crippen molar-refractivity contribution < 1.29 is 9.26 Å². The van der Waals surface area contributed by atoms with Gasteiger partial charge in [0.1, 0.15) is 0 Å². The number of hydroxylamine groups is 2. The summed E-state index contributed by atoms with van der Waals surface area (Å²) in [6, 6.07) is 10.8. The van der Waals surface area contributed by atoms with Crippen molar-refractivity contribution >= 4 is 8.32 Å². The van der Waals surface area contributed by atoms with Crippen LogP contribution in [0.1, 0.15) is 45.7 Å². The van der Waals surface area contributed by atoms with Crippen LogP contribution >= 0.6 is 0 Å². The highest BCUT2D eigenvalue weighted by Crippen LogP contribution is 2.45. The van der Waals surface area contributed by atoms with E-state index in [2.05, 4.69) is 65.1 Å². The van der Waals surface area contributed by atoms with E-state index in [-0.39, 0.29) is 11.1 Å². The first-order valence-corrected chi connectivity index (χ1v) is 10.6. The number of hydrogen-bond acceptors (Lipinski definition) is 3. The van der Waals surface area contributed by atoms with Gasteiger partial charge in [0.2, 0.25) is 0 Å². The smallest absolute Gasteiger partial charge is 0.195 e. The van der Waals surface area contributed by atoms with Gasteiger partial charge in [-0.25, -0.2) is 0 Å². The van der Waals surface area contributed by atoms with E-state index in [9.17, 15) is 0 Å². The third kappa shape index (κ3) is 3.56. The zero-order valence-corrected chi connectivity index (χ0v) is 15.4. The van der Waals surface area contributed by atoms with Gasteiger partial charge in [-0.05, 0) is 30.6 Å². The maximum absolute atomic E-state index is 6.55. The van der Waals surface area contributed by atoms with Crippen LogP contribution in [0.5, 0.6) is 0 Å². The largest absolute Gasteiger partial charge is 0.389 e. The van der Waals surface area contributed by atoms with Crippen LogP contribution in [-0.2, 0) is 9.26 Å². The molecule has 1 aromatic rings. The second kappa shape index (κ2) is 5.50. The van der Waals surface area contributed by atoms with Gasteiger partial charge in [-0.15, -0.1) is 0 Å². The van der Waals surface area contributed by atoms with Gasteiger partial charge in [0, 0.05) is 13.5 Å². The molecule has 0 unspecified atom stereocenters. The lowest BCUT2D eigenvalue weighted by Gasteiger charge is -2.41. The molecule has 2 rings (SSSR count). The molecule has 1 aromatic carbocycles. The third-order valence-corrected chi connectivity index (χ3v) is 9.36. The summed E-state index contributed by atoms with van der Waals surface area (Å²) in [7, 11) is 0.144. The molecule has 1 saturated heterocycles. The molecule has 0 spiro atoms. The normalized spacial score (nSPS) is 28.0. The van der Waals surface area contributed by atoms with Crippen LogP contribution in [0.3, 0.4) is 0 Å². The van der Waals surface area contributed by atoms with Crippen LogP contribution in [0.4, 0.5) is 0 Å². The predicted octanol–water partition coefficient (Wildman–Crippen LogP) is 4.73. The maximum Gasteiger partial charge on any atom is 0.195 e. The molecule has 1 heterocycles. The second-order valence-corrected chi connectivity index (χ2v) is 12.5. The second-order valence-electron chi connectivity index (χ2n) is 7.76. The standard InChI is InChI=1S/C17H29NO2Si/c1-16(2,3)21(6,7)20-17(4)13-15(18(5)19-17)14-11-9-8-10-12-14/h8-12,15H,13H2,1-7H3/t15-,17+/m0/s1. The summed E-state index contributed by atoms with van der Waals surface area (Å²) in [4.78, 5) is 6.09. The SMILES string of the molecule is CN1O[C@](C)(O[Si](C)(C)C(C)(C)C)C[C@H]1c1ccccc1. The molecule has 118 valence electrons. The Balaban J connectivity index is 2.16. The Morgan fingerprint density at radius 3 is 2.33 bits per heavy atom. The van der Waals surface area contributed by atoms with E-state index in [4.69, 9.17) is 9.26 Å². The molecule has 2 atom stereocenters. The topological polar surface area (TPSA) is 21.7 Å². The minimum Gasteiger partial charge on any atom is -0.389 e. The van der Waals surface area contributed by atoms with Crippen molar-refractivity contribution in [3.8, 4) is 0 Å². The maximum atomic E-state index is 6.55. The lowest BCUT2D eigenvalue weighted by molar-refractivity contribution is -0.260. The Labute approximate surface area is 130 Å². The van der Waals surface area contributed by atoms with Crippen LogP contribution in [-0.4, -0.2) is 26.2 Å². The molecule has 21 heavy (non-hydrogen) atoms. The molecule has 3 nitrogen and oxygen atoms in total. The number of nitrogens with zero attached hydrogens (tertiary/aromatic N) is 1. The van der Waals surface area contributed by atoms with Crippen LogP contribution in [0.15, 0.2) is 30.3 Å². The fraction of sp³-hybridized carbons (Fsp3) is 0.647. The minimum absolute atomic E-state index is 0.183. The first-order valence-electron chi connectivity index (χ1n) is 7.71. The van der Waals surface area contributed by atoms with Crippen LogP contribution in [0.2, 0.25) is 18.1 Å². The molecule has 1 fully saturated rings. The molecule has 1 aliphatic heterocycles. The Morgan fingerprint density at radius 1 is 1.24 bits per heavy atom. The molecular formula is C17H29NO2Si. The lowest BCUT2D eigenvalue weighted by atomic mass is 10.0. The minimum atomic E-state index is -1.85. The number of hydrogen-bond donors (Lipinski definition) is 0. The summed E-state index contributed by atoms with van der Waals surface area (Å²) >= 11 is 0. The lowest BCUT2D eigenvalue weighted by Crippen LogP contribution is -2.48. The summed E-state index contributed by atoms with van der Waals surface area (Å²) in [5.74, 6) is -0.530. The predicted molar refractivity (Wildman–Crippen MR) is 89.3 cm³/mol. The molecule has 0 amide bonds. The van der Waals surface area contributed by atoms with E-state index in [0.717, 1.165) is 6.42 Å². The zero-order chi connectivity index (χ0) is 15.9.